The van der Waals surface area contributed by atoms with Crippen LogP contribution in [0, 0.1) is 11.8 Å². The number of aromatic nitrogens is 1. The summed E-state index contributed by atoms with van der Waals surface area (Å²) in [5.41, 5.74) is 1.07. The van der Waals surface area contributed by atoms with Gasteiger partial charge in [0.05, 0.1) is 0 Å². The van der Waals surface area contributed by atoms with Crippen molar-refractivity contribution < 1.29 is 0 Å². The quantitative estimate of drug-likeness (QED) is 0.521. The molecular weight excluding hydrogens is 182 g/mol. The number of rotatable bonds is 5. The average molecular weight is 201 g/mol. The lowest BCUT2D eigenvalue weighted by Crippen LogP contribution is -1.77. The molecule has 80 valence electrons. The zero-order valence-corrected chi connectivity index (χ0v) is 9.50. The number of nitrogens with zero attached hydrogens (tertiary/aromatic N) is 1. The number of pyridine rings is 1. The van der Waals surface area contributed by atoms with E-state index in [4.69, 9.17) is 0 Å². The summed E-state index contributed by atoms with van der Waals surface area (Å²) in [5, 5.41) is 0. The van der Waals surface area contributed by atoms with Gasteiger partial charge in [0.1, 0.15) is 0 Å². The van der Waals surface area contributed by atoms with Crippen molar-refractivity contribution in [3.8, 4) is 11.8 Å². The average Bonchev–Trinajstić information content (AvgIpc) is 2.29. The summed E-state index contributed by atoms with van der Waals surface area (Å²) < 4.78 is 0. The van der Waals surface area contributed by atoms with E-state index in [2.05, 4.69) is 23.7 Å². The topological polar surface area (TPSA) is 12.9 Å². The zero-order chi connectivity index (χ0) is 10.8. The van der Waals surface area contributed by atoms with Crippen molar-refractivity contribution in [2.75, 3.05) is 0 Å². The Morgan fingerprint density at radius 2 is 1.80 bits per heavy atom. The van der Waals surface area contributed by atoms with E-state index >= 15 is 0 Å². The van der Waals surface area contributed by atoms with Crippen LogP contribution in [-0.4, -0.2) is 4.98 Å². The minimum atomic E-state index is 1.02. The largest absolute Gasteiger partial charge is 0.265 e. The van der Waals surface area contributed by atoms with Crippen molar-refractivity contribution in [1.29, 1.82) is 0 Å². The van der Waals surface area contributed by atoms with Crippen LogP contribution in [0.1, 0.15) is 51.0 Å². The monoisotopic (exact) mass is 201 g/mol. The van der Waals surface area contributed by atoms with Crippen LogP contribution >= 0.6 is 0 Å². The Labute approximate surface area is 92.9 Å². The van der Waals surface area contributed by atoms with Crippen molar-refractivity contribution in [3.05, 3.63) is 30.1 Å². The van der Waals surface area contributed by atoms with Crippen molar-refractivity contribution in [1.82, 2.24) is 4.98 Å². The van der Waals surface area contributed by atoms with Gasteiger partial charge in [-0.1, -0.05) is 44.4 Å². The van der Waals surface area contributed by atoms with Crippen molar-refractivity contribution in [2.45, 2.75) is 45.4 Å². The molecule has 0 atom stereocenters. The van der Waals surface area contributed by atoms with Gasteiger partial charge in [0.25, 0.3) is 0 Å². The molecule has 0 radical (unpaired) electrons. The highest BCUT2D eigenvalue weighted by atomic mass is 14.6. The maximum Gasteiger partial charge on any atom is 0.0280 e. The molecular formula is C14H19N. The van der Waals surface area contributed by atoms with Crippen molar-refractivity contribution in [3.63, 3.8) is 0 Å². The third kappa shape index (κ3) is 5.91. The molecule has 0 fully saturated rings. The first-order valence-corrected chi connectivity index (χ1v) is 5.82. The lowest BCUT2D eigenvalue weighted by Gasteiger charge is -1.94. The lowest BCUT2D eigenvalue weighted by atomic mass is 10.1. The van der Waals surface area contributed by atoms with Gasteiger partial charge in [0.15, 0.2) is 0 Å². The van der Waals surface area contributed by atoms with Crippen LogP contribution in [0.15, 0.2) is 24.5 Å². The Balaban J connectivity index is 2.12. The van der Waals surface area contributed by atoms with E-state index in [0.717, 1.165) is 12.0 Å². The molecule has 1 nitrogen and oxygen atoms in total. The molecule has 0 N–H and O–H groups in total. The predicted octanol–water partition coefficient (Wildman–Crippen LogP) is 3.79. The number of unbranched alkanes of at least 4 members (excludes halogenated alkanes) is 5. The van der Waals surface area contributed by atoms with Gasteiger partial charge in [-0.15, -0.1) is 0 Å². The molecule has 0 aliphatic carbocycles. The van der Waals surface area contributed by atoms with E-state index < -0.39 is 0 Å². The molecule has 15 heavy (non-hydrogen) atoms. The highest BCUT2D eigenvalue weighted by Gasteiger charge is 1.86. The Bertz CT molecular complexity index is 305. The summed E-state index contributed by atoms with van der Waals surface area (Å²) in [6.07, 6.45) is 11.2. The predicted molar refractivity (Wildman–Crippen MR) is 64.5 cm³/mol. The van der Waals surface area contributed by atoms with E-state index in [9.17, 15) is 0 Å². The van der Waals surface area contributed by atoms with Gasteiger partial charge >= 0.3 is 0 Å². The highest BCUT2D eigenvalue weighted by Crippen LogP contribution is 2.04. The van der Waals surface area contributed by atoms with Crippen LogP contribution in [0.5, 0.6) is 0 Å². The summed E-state index contributed by atoms with van der Waals surface area (Å²) in [6, 6.07) is 3.90. The summed E-state index contributed by atoms with van der Waals surface area (Å²) in [7, 11) is 0. The van der Waals surface area contributed by atoms with E-state index in [1.165, 1.54) is 32.1 Å². The molecule has 0 unspecified atom stereocenters. The first-order valence-electron chi connectivity index (χ1n) is 5.82. The molecule has 0 aliphatic heterocycles. The minimum Gasteiger partial charge on any atom is -0.265 e. The first kappa shape index (κ1) is 11.8. The first-order chi connectivity index (χ1) is 7.43. The van der Waals surface area contributed by atoms with Crippen LogP contribution in [-0.2, 0) is 0 Å². The van der Waals surface area contributed by atoms with E-state index in [0.29, 0.717) is 0 Å². The Hall–Kier alpha value is -1.29. The molecule has 0 spiro atoms. The normalized spacial score (nSPS) is 9.40. The van der Waals surface area contributed by atoms with Gasteiger partial charge in [0, 0.05) is 24.4 Å². The van der Waals surface area contributed by atoms with Gasteiger partial charge in [0.2, 0.25) is 0 Å². The van der Waals surface area contributed by atoms with Crippen LogP contribution < -0.4 is 0 Å². The van der Waals surface area contributed by atoms with Crippen molar-refractivity contribution >= 4 is 0 Å². The standard InChI is InChI=1S/C14H19N/c1-2-3-4-5-6-7-8-9-14-10-12-15-13-11-14/h10-13H,2-7H2,1H3. The second-order valence-electron chi connectivity index (χ2n) is 3.70. The van der Waals surface area contributed by atoms with Gasteiger partial charge in [-0.25, -0.2) is 0 Å². The summed E-state index contributed by atoms with van der Waals surface area (Å²) in [6.45, 7) is 2.24. The van der Waals surface area contributed by atoms with E-state index in [-0.39, 0.29) is 0 Å². The second-order valence-corrected chi connectivity index (χ2v) is 3.70. The minimum absolute atomic E-state index is 1.02. The zero-order valence-electron chi connectivity index (χ0n) is 9.50. The van der Waals surface area contributed by atoms with Gasteiger partial charge < -0.3 is 0 Å². The fraction of sp³-hybridized carbons (Fsp3) is 0.500. The fourth-order valence-electron chi connectivity index (χ4n) is 1.42. The number of hydrogen-bond acceptors (Lipinski definition) is 1. The molecule has 1 heteroatoms. The smallest absolute Gasteiger partial charge is 0.0280 e. The Morgan fingerprint density at radius 3 is 2.53 bits per heavy atom. The molecule has 0 aliphatic rings. The van der Waals surface area contributed by atoms with Crippen molar-refractivity contribution in [2.24, 2.45) is 0 Å². The summed E-state index contributed by atoms with van der Waals surface area (Å²) in [4.78, 5) is 3.96. The molecule has 0 amide bonds. The molecule has 0 saturated carbocycles. The van der Waals surface area contributed by atoms with E-state index in [1.54, 1.807) is 12.4 Å². The van der Waals surface area contributed by atoms with Crippen LogP contribution in [0.2, 0.25) is 0 Å². The van der Waals surface area contributed by atoms with Crippen LogP contribution in [0.25, 0.3) is 0 Å². The van der Waals surface area contributed by atoms with Gasteiger partial charge in [-0.2, -0.15) is 0 Å². The number of hydrogen-bond donors (Lipinski definition) is 0. The third-order valence-corrected chi connectivity index (χ3v) is 2.32. The molecule has 0 bridgehead atoms. The molecule has 0 saturated heterocycles. The molecule has 1 heterocycles. The summed E-state index contributed by atoms with van der Waals surface area (Å²) >= 11 is 0. The van der Waals surface area contributed by atoms with E-state index in [1.807, 2.05) is 12.1 Å². The Kier molecular flexibility index (Phi) is 6.33. The molecule has 1 rings (SSSR count). The van der Waals surface area contributed by atoms with Gasteiger partial charge in [-0.05, 0) is 18.6 Å². The molecule has 0 aromatic carbocycles. The summed E-state index contributed by atoms with van der Waals surface area (Å²) in [5.74, 6) is 6.35. The van der Waals surface area contributed by atoms with Crippen LogP contribution in [0.3, 0.4) is 0 Å². The lowest BCUT2D eigenvalue weighted by molar-refractivity contribution is 0.641. The Morgan fingerprint density at radius 1 is 1.07 bits per heavy atom. The molecule has 1 aromatic rings. The third-order valence-electron chi connectivity index (χ3n) is 2.32. The van der Waals surface area contributed by atoms with Gasteiger partial charge in [-0.3, -0.25) is 4.98 Å². The highest BCUT2D eigenvalue weighted by molar-refractivity contribution is 5.31. The maximum absolute atomic E-state index is 3.96. The fourth-order valence-corrected chi connectivity index (χ4v) is 1.42. The van der Waals surface area contributed by atoms with Crippen LogP contribution in [0.4, 0.5) is 0 Å². The second kappa shape index (κ2) is 8.05. The molecule has 1 aromatic heterocycles. The maximum atomic E-state index is 3.96. The SMILES string of the molecule is CCCCCCCC#Cc1ccncc1.